The zero-order valence-corrected chi connectivity index (χ0v) is 13.8. The van der Waals surface area contributed by atoms with E-state index in [4.69, 9.17) is 16.2 Å². The van der Waals surface area contributed by atoms with Gasteiger partial charge in [-0.15, -0.1) is 0 Å². The minimum absolute atomic E-state index is 0.0706. The summed E-state index contributed by atoms with van der Waals surface area (Å²) in [5, 5.41) is 0. The van der Waals surface area contributed by atoms with Gasteiger partial charge in [-0.05, 0) is 36.5 Å². The van der Waals surface area contributed by atoms with E-state index >= 15 is 0 Å². The van der Waals surface area contributed by atoms with Crippen molar-refractivity contribution in [2.45, 2.75) is 24.7 Å². The van der Waals surface area contributed by atoms with Gasteiger partial charge >= 0.3 is 0 Å². The number of halogens is 1. The molecule has 0 bridgehead atoms. The fourth-order valence-corrected chi connectivity index (χ4v) is 3.06. The van der Waals surface area contributed by atoms with Crippen LogP contribution < -0.4 is 16.2 Å². The number of benzene rings is 1. The summed E-state index contributed by atoms with van der Waals surface area (Å²) in [6.07, 6.45) is 7.95. The highest BCUT2D eigenvalue weighted by Gasteiger charge is 2.33. The van der Waals surface area contributed by atoms with E-state index in [9.17, 15) is 4.39 Å². The van der Waals surface area contributed by atoms with Crippen LogP contribution in [0.15, 0.2) is 43.0 Å². The number of ether oxygens (including phenoxy) is 1. The molecule has 1 fully saturated rings. The van der Waals surface area contributed by atoms with Gasteiger partial charge < -0.3 is 16.2 Å². The zero-order valence-electron chi connectivity index (χ0n) is 13.8. The number of nitrogens with two attached hydrogens (primary N) is 2. The van der Waals surface area contributed by atoms with Gasteiger partial charge in [0.05, 0.1) is 18.1 Å². The van der Waals surface area contributed by atoms with Gasteiger partial charge in [0.2, 0.25) is 0 Å². The highest BCUT2D eigenvalue weighted by atomic mass is 19.1. The first-order valence-electron chi connectivity index (χ1n) is 8.21. The van der Waals surface area contributed by atoms with Gasteiger partial charge in [-0.1, -0.05) is 6.07 Å². The molecule has 0 saturated heterocycles. The van der Waals surface area contributed by atoms with Crippen LogP contribution in [0.5, 0.6) is 11.6 Å². The van der Waals surface area contributed by atoms with Crippen molar-refractivity contribution in [1.29, 1.82) is 0 Å². The van der Waals surface area contributed by atoms with E-state index in [1.54, 1.807) is 18.5 Å². The lowest BCUT2D eigenvalue weighted by atomic mass is 9.70. The second kappa shape index (κ2) is 6.55. The monoisotopic (exact) mass is 352 g/mol. The summed E-state index contributed by atoms with van der Waals surface area (Å²) in [4.78, 5) is 16.2. The summed E-state index contributed by atoms with van der Waals surface area (Å²) in [6.45, 7) is 0. The number of anilines is 2. The van der Waals surface area contributed by atoms with E-state index in [1.807, 2.05) is 6.07 Å². The van der Waals surface area contributed by atoms with Gasteiger partial charge in [0.25, 0.3) is 5.88 Å². The molecule has 0 radical (unpaired) electrons. The molecule has 2 heterocycles. The highest BCUT2D eigenvalue weighted by molar-refractivity contribution is 5.43. The maximum atomic E-state index is 14.4. The molecule has 4 N–H and O–H groups in total. The van der Waals surface area contributed by atoms with Gasteiger partial charge in [0.1, 0.15) is 5.82 Å². The molecule has 1 aliphatic rings. The van der Waals surface area contributed by atoms with Crippen LogP contribution in [0.3, 0.4) is 0 Å². The molecule has 1 aliphatic carbocycles. The summed E-state index contributed by atoms with van der Waals surface area (Å²) in [5.74, 6) is 0.832. The van der Waals surface area contributed by atoms with E-state index < -0.39 is 5.82 Å². The van der Waals surface area contributed by atoms with Crippen molar-refractivity contribution in [1.82, 2.24) is 19.9 Å². The normalized spacial score (nSPS) is 19.0. The van der Waals surface area contributed by atoms with E-state index in [2.05, 4.69) is 19.9 Å². The molecule has 26 heavy (non-hydrogen) atoms. The summed E-state index contributed by atoms with van der Waals surface area (Å²) in [7, 11) is 0. The Morgan fingerprint density at radius 3 is 2.46 bits per heavy atom. The van der Waals surface area contributed by atoms with Crippen LogP contribution in [0.1, 0.15) is 35.9 Å². The van der Waals surface area contributed by atoms with E-state index in [-0.39, 0.29) is 23.4 Å². The molecular weight excluding hydrogens is 335 g/mol. The fourth-order valence-electron chi connectivity index (χ4n) is 3.06. The van der Waals surface area contributed by atoms with Gasteiger partial charge in [0, 0.05) is 18.3 Å². The maximum absolute atomic E-state index is 14.4. The Morgan fingerprint density at radius 1 is 0.962 bits per heavy atom. The van der Waals surface area contributed by atoms with Crippen molar-refractivity contribution in [2.75, 3.05) is 11.5 Å². The first-order valence-corrected chi connectivity index (χ1v) is 8.21. The molecule has 4 rings (SSSR count). The van der Waals surface area contributed by atoms with Crippen LogP contribution in [0.4, 0.5) is 16.0 Å². The Hall–Kier alpha value is -3.29. The van der Waals surface area contributed by atoms with Crippen molar-refractivity contribution >= 4 is 11.6 Å². The highest BCUT2D eigenvalue weighted by Crippen LogP contribution is 2.47. The number of hydrogen-bond acceptors (Lipinski definition) is 7. The molecular formula is C18H17FN6O. The summed E-state index contributed by atoms with van der Waals surface area (Å²) in [5.41, 5.74) is 13.1. The van der Waals surface area contributed by atoms with Crippen LogP contribution in [-0.4, -0.2) is 19.9 Å². The Bertz CT molecular complexity index is 927. The smallest absolute Gasteiger partial charge is 0.262 e. The van der Waals surface area contributed by atoms with Crippen LogP contribution >= 0.6 is 0 Å². The third-order valence-electron chi connectivity index (χ3n) is 4.57. The van der Waals surface area contributed by atoms with E-state index in [0.29, 0.717) is 11.7 Å². The second-order valence-electron chi connectivity index (χ2n) is 6.27. The number of hydrogen-bond donors (Lipinski definition) is 2. The Morgan fingerprint density at radius 2 is 1.77 bits per heavy atom. The molecule has 0 amide bonds. The quantitative estimate of drug-likeness (QED) is 0.742. The molecule has 0 spiro atoms. The largest absolute Gasteiger partial charge is 0.433 e. The average molecular weight is 352 g/mol. The molecule has 132 valence electrons. The second-order valence-corrected chi connectivity index (χ2v) is 6.27. The third-order valence-corrected chi connectivity index (χ3v) is 4.57. The maximum Gasteiger partial charge on any atom is 0.262 e. The van der Waals surface area contributed by atoms with Crippen LogP contribution in [0.2, 0.25) is 0 Å². The number of nitrogen functional groups attached to an aromatic ring is 2. The predicted octanol–water partition coefficient (Wildman–Crippen LogP) is 3.02. The van der Waals surface area contributed by atoms with Gasteiger partial charge in [-0.2, -0.15) is 0 Å². The summed E-state index contributed by atoms with van der Waals surface area (Å²) < 4.78 is 19.8. The van der Waals surface area contributed by atoms with Gasteiger partial charge in [-0.3, -0.25) is 4.98 Å². The van der Waals surface area contributed by atoms with Crippen LogP contribution in [0.25, 0.3) is 0 Å². The van der Waals surface area contributed by atoms with E-state index in [0.717, 1.165) is 24.1 Å². The first-order chi connectivity index (χ1) is 12.6. The minimum atomic E-state index is -0.455. The van der Waals surface area contributed by atoms with Crippen molar-refractivity contribution in [3.05, 3.63) is 60.1 Å². The van der Waals surface area contributed by atoms with Crippen molar-refractivity contribution in [3.8, 4) is 11.6 Å². The van der Waals surface area contributed by atoms with E-state index in [1.165, 1.54) is 18.5 Å². The first kappa shape index (κ1) is 16.2. The Kier molecular flexibility index (Phi) is 4.08. The van der Waals surface area contributed by atoms with Crippen molar-refractivity contribution in [2.24, 2.45) is 0 Å². The zero-order chi connectivity index (χ0) is 18.1. The lowest BCUT2D eigenvalue weighted by molar-refractivity contribution is 0.342. The SMILES string of the molecule is Nc1cnc(C2CC(c3ccc(Oc4nccnc4N)c(F)c3)C2)cn1. The molecule has 7 nitrogen and oxygen atoms in total. The van der Waals surface area contributed by atoms with Crippen LogP contribution in [0, 0.1) is 5.82 Å². The summed E-state index contributed by atoms with van der Waals surface area (Å²) in [6, 6.07) is 4.95. The Labute approximate surface area is 149 Å². The standard InChI is InChI=1S/C18H17FN6O/c19-13-7-10(1-2-15(13)26-18-17(21)22-3-4-23-18)11-5-12(6-11)14-8-25-16(20)9-24-14/h1-4,7-9,11-12H,5-6H2,(H2,20,25)(H2,21,22). The number of rotatable bonds is 4. The lowest BCUT2D eigenvalue weighted by Gasteiger charge is -2.35. The van der Waals surface area contributed by atoms with Gasteiger partial charge in [-0.25, -0.2) is 19.3 Å². The van der Waals surface area contributed by atoms with Crippen molar-refractivity contribution in [3.63, 3.8) is 0 Å². The number of aromatic nitrogens is 4. The fraction of sp³-hybridized carbons (Fsp3) is 0.222. The average Bonchev–Trinajstić information content (AvgIpc) is 2.59. The van der Waals surface area contributed by atoms with Gasteiger partial charge in [0.15, 0.2) is 17.4 Å². The topological polar surface area (TPSA) is 113 Å². The molecule has 3 aromatic rings. The molecule has 1 saturated carbocycles. The van der Waals surface area contributed by atoms with Crippen LogP contribution in [-0.2, 0) is 0 Å². The Balaban J connectivity index is 1.44. The molecule has 2 aromatic heterocycles. The molecule has 1 aromatic carbocycles. The molecule has 0 atom stereocenters. The molecule has 0 aliphatic heterocycles. The molecule has 0 unspecified atom stereocenters. The predicted molar refractivity (Wildman–Crippen MR) is 94.1 cm³/mol. The number of nitrogens with zero attached hydrogens (tertiary/aromatic N) is 4. The van der Waals surface area contributed by atoms with Crippen molar-refractivity contribution < 1.29 is 9.13 Å². The summed E-state index contributed by atoms with van der Waals surface area (Å²) >= 11 is 0. The molecule has 8 heteroatoms. The lowest BCUT2D eigenvalue weighted by Crippen LogP contribution is -2.21. The minimum Gasteiger partial charge on any atom is -0.433 e. The third kappa shape index (κ3) is 3.13.